The van der Waals surface area contributed by atoms with E-state index in [9.17, 15) is 13.2 Å². The summed E-state index contributed by atoms with van der Waals surface area (Å²) in [6, 6.07) is 0.136. The number of carbonyl (C=O) groups is 1. The molecule has 4 rings (SSSR count). The summed E-state index contributed by atoms with van der Waals surface area (Å²) >= 11 is 0. The van der Waals surface area contributed by atoms with Crippen LogP contribution in [-0.2, 0) is 19.6 Å². The van der Waals surface area contributed by atoms with Gasteiger partial charge >= 0.3 is 0 Å². The average molecular weight is 440 g/mol. The van der Waals surface area contributed by atoms with Crippen molar-refractivity contribution in [3.05, 3.63) is 11.5 Å². The van der Waals surface area contributed by atoms with E-state index in [1.165, 1.54) is 0 Å². The molecule has 0 aromatic carbocycles. The number of aryl methyl sites for hydroxylation is 2. The summed E-state index contributed by atoms with van der Waals surface area (Å²) in [5.74, 6) is 1.19. The summed E-state index contributed by atoms with van der Waals surface area (Å²) in [6.07, 6.45) is 3.73. The van der Waals surface area contributed by atoms with Crippen LogP contribution in [0.4, 0.5) is 0 Å². The molecular weight excluding hydrogens is 406 g/mol. The van der Waals surface area contributed by atoms with E-state index in [0.29, 0.717) is 42.9 Å². The second-order valence-corrected chi connectivity index (χ2v) is 11.6. The molecule has 3 aliphatic rings. The van der Waals surface area contributed by atoms with E-state index >= 15 is 0 Å². The summed E-state index contributed by atoms with van der Waals surface area (Å²) in [5, 5.41) is 7.00. The van der Waals surface area contributed by atoms with Crippen LogP contribution < -0.4 is 10.0 Å². The highest BCUT2D eigenvalue weighted by Crippen LogP contribution is 2.68. The molecule has 1 aromatic rings. The largest absolute Gasteiger partial charge is 0.378 e. The third kappa shape index (κ3) is 3.29. The fourth-order valence-electron chi connectivity index (χ4n) is 6.66. The van der Waals surface area contributed by atoms with Crippen molar-refractivity contribution in [2.45, 2.75) is 77.3 Å². The third-order valence-corrected chi connectivity index (χ3v) is 9.63. The summed E-state index contributed by atoms with van der Waals surface area (Å²) in [7, 11) is -3.68. The van der Waals surface area contributed by atoms with Crippen molar-refractivity contribution in [2.75, 3.05) is 13.2 Å². The molecular formula is C21H33N3O5S. The fraction of sp³-hybridized carbons (Fsp3) is 0.810. The first-order valence-electron chi connectivity index (χ1n) is 10.8. The van der Waals surface area contributed by atoms with Gasteiger partial charge in [0, 0.05) is 26.1 Å². The zero-order valence-corrected chi connectivity index (χ0v) is 19.3. The number of ether oxygens (including phenoxy) is 1. The highest BCUT2D eigenvalue weighted by atomic mass is 32.2. The van der Waals surface area contributed by atoms with Gasteiger partial charge in [-0.2, -0.15) is 0 Å². The number of hydrogen-bond acceptors (Lipinski definition) is 6. The van der Waals surface area contributed by atoms with Crippen LogP contribution in [0.25, 0.3) is 0 Å². The van der Waals surface area contributed by atoms with Crippen LogP contribution in [0.15, 0.2) is 9.42 Å². The molecule has 2 N–H and O–H groups in total. The van der Waals surface area contributed by atoms with Gasteiger partial charge in [-0.15, -0.1) is 0 Å². The minimum atomic E-state index is -3.68. The minimum Gasteiger partial charge on any atom is -0.378 e. The van der Waals surface area contributed by atoms with Crippen LogP contribution in [-0.4, -0.2) is 44.8 Å². The van der Waals surface area contributed by atoms with Crippen molar-refractivity contribution in [3.63, 3.8) is 0 Å². The molecule has 168 valence electrons. The Bertz CT molecular complexity index is 921. The number of nitrogens with one attached hydrogen (secondary N) is 2. The lowest BCUT2D eigenvalue weighted by atomic mass is 9.59. The molecule has 1 spiro atoms. The molecule has 1 aromatic heterocycles. The maximum Gasteiger partial charge on any atom is 0.245 e. The van der Waals surface area contributed by atoms with Gasteiger partial charge in [0.05, 0.1) is 6.10 Å². The minimum absolute atomic E-state index is 0.0107. The topological polar surface area (TPSA) is 111 Å². The number of fused-ring (bicyclic) bond motifs is 1. The van der Waals surface area contributed by atoms with Crippen molar-refractivity contribution < 1.29 is 22.5 Å². The molecule has 2 aliphatic carbocycles. The number of aromatic nitrogens is 1. The summed E-state index contributed by atoms with van der Waals surface area (Å²) < 4.78 is 39.2. The Kier molecular flexibility index (Phi) is 5.30. The molecule has 1 unspecified atom stereocenters. The number of amides is 1. The van der Waals surface area contributed by atoms with E-state index < -0.39 is 10.0 Å². The molecule has 9 heteroatoms. The van der Waals surface area contributed by atoms with Crippen molar-refractivity contribution in [1.29, 1.82) is 0 Å². The lowest BCUT2D eigenvalue weighted by molar-refractivity contribution is -0.135. The lowest BCUT2D eigenvalue weighted by Gasteiger charge is -2.53. The number of hydrogen-bond donors (Lipinski definition) is 2. The van der Waals surface area contributed by atoms with E-state index in [-0.39, 0.29) is 33.8 Å². The Morgan fingerprint density at radius 2 is 2.03 bits per heavy atom. The van der Waals surface area contributed by atoms with Gasteiger partial charge in [-0.05, 0) is 62.2 Å². The molecule has 2 saturated carbocycles. The van der Waals surface area contributed by atoms with E-state index in [2.05, 4.69) is 29.0 Å². The number of nitrogens with zero attached hydrogens (tertiary/aromatic N) is 1. The van der Waals surface area contributed by atoms with Gasteiger partial charge in [-0.25, -0.2) is 13.1 Å². The Morgan fingerprint density at radius 3 is 2.67 bits per heavy atom. The standard InChI is InChI=1S/C21H33N3O5S/c1-12-18(13(2)29-24-12)30(26,27)22-8-6-17-16-10-15-11-21(16,7-9-28-17)19(20(15,4)5)23-14(3)25/h15-17,19,22H,6-11H2,1-5H3,(H,23,25)/t15-,16-,17-,19+,21?/m1/s1. The molecule has 2 heterocycles. The Balaban J connectivity index is 1.47. The molecule has 0 radical (unpaired) electrons. The van der Waals surface area contributed by atoms with Gasteiger partial charge in [-0.3, -0.25) is 4.79 Å². The molecule has 2 bridgehead atoms. The monoisotopic (exact) mass is 439 g/mol. The quantitative estimate of drug-likeness (QED) is 0.704. The predicted molar refractivity (Wildman–Crippen MR) is 110 cm³/mol. The first kappa shape index (κ1) is 21.8. The molecule has 3 fully saturated rings. The van der Waals surface area contributed by atoms with Crippen LogP contribution in [0.2, 0.25) is 0 Å². The smallest absolute Gasteiger partial charge is 0.245 e. The second kappa shape index (κ2) is 7.31. The van der Waals surface area contributed by atoms with Gasteiger partial charge in [0.25, 0.3) is 0 Å². The zero-order chi connectivity index (χ0) is 21.9. The van der Waals surface area contributed by atoms with Crippen molar-refractivity contribution in [3.8, 4) is 0 Å². The summed E-state index contributed by atoms with van der Waals surface area (Å²) in [5.41, 5.74) is 0.472. The average Bonchev–Trinajstić information content (AvgIpc) is 3.25. The normalized spacial score (nSPS) is 34.7. The van der Waals surface area contributed by atoms with E-state index in [1.807, 2.05) is 0 Å². The van der Waals surface area contributed by atoms with E-state index in [4.69, 9.17) is 9.26 Å². The van der Waals surface area contributed by atoms with Crippen LogP contribution >= 0.6 is 0 Å². The lowest BCUT2D eigenvalue weighted by Crippen LogP contribution is -2.60. The zero-order valence-electron chi connectivity index (χ0n) is 18.4. The van der Waals surface area contributed by atoms with Crippen LogP contribution in [0.1, 0.15) is 57.9 Å². The van der Waals surface area contributed by atoms with Crippen molar-refractivity contribution >= 4 is 15.9 Å². The van der Waals surface area contributed by atoms with Crippen LogP contribution in [0.3, 0.4) is 0 Å². The summed E-state index contributed by atoms with van der Waals surface area (Å²) in [6.45, 7) is 10.3. The Hall–Kier alpha value is -1.45. The molecule has 8 nitrogen and oxygen atoms in total. The molecule has 1 saturated heterocycles. The maximum absolute atomic E-state index is 12.7. The second-order valence-electron chi connectivity index (χ2n) is 9.93. The highest BCUT2D eigenvalue weighted by Gasteiger charge is 2.68. The molecule has 1 amide bonds. The van der Waals surface area contributed by atoms with Crippen LogP contribution in [0.5, 0.6) is 0 Å². The van der Waals surface area contributed by atoms with Gasteiger partial charge < -0.3 is 14.6 Å². The first-order chi connectivity index (χ1) is 14.0. The Morgan fingerprint density at radius 1 is 1.30 bits per heavy atom. The van der Waals surface area contributed by atoms with Crippen LogP contribution in [0, 0.1) is 36.5 Å². The predicted octanol–water partition coefficient (Wildman–Crippen LogP) is 2.31. The van der Waals surface area contributed by atoms with Crippen molar-refractivity contribution in [2.24, 2.45) is 22.7 Å². The Labute approximate surface area is 178 Å². The fourth-order valence-corrected chi connectivity index (χ4v) is 8.04. The molecule has 30 heavy (non-hydrogen) atoms. The SMILES string of the molecule is CC(=O)N[C@H]1C(C)(C)[C@@H]2C[C@@H]3[C@@H](CCNS(=O)(=O)c4c(C)noc4C)OCCC31C2. The first-order valence-corrected chi connectivity index (χ1v) is 12.3. The molecule has 5 atom stereocenters. The number of rotatable bonds is 6. The van der Waals surface area contributed by atoms with E-state index in [1.54, 1.807) is 20.8 Å². The van der Waals surface area contributed by atoms with E-state index in [0.717, 1.165) is 19.3 Å². The third-order valence-electron chi connectivity index (χ3n) is 7.93. The number of sulfonamides is 1. The van der Waals surface area contributed by atoms with Gasteiger partial charge in [-0.1, -0.05) is 19.0 Å². The number of carbonyl (C=O) groups excluding carboxylic acids is 1. The van der Waals surface area contributed by atoms with Crippen molar-refractivity contribution in [1.82, 2.24) is 15.2 Å². The van der Waals surface area contributed by atoms with Gasteiger partial charge in [0.1, 0.15) is 10.6 Å². The van der Waals surface area contributed by atoms with Gasteiger partial charge in [0.2, 0.25) is 15.9 Å². The highest BCUT2D eigenvalue weighted by molar-refractivity contribution is 7.89. The van der Waals surface area contributed by atoms with Gasteiger partial charge in [0.15, 0.2) is 5.76 Å². The maximum atomic E-state index is 12.7. The molecule has 1 aliphatic heterocycles. The summed E-state index contributed by atoms with van der Waals surface area (Å²) in [4.78, 5) is 12.1.